The van der Waals surface area contributed by atoms with E-state index in [0.717, 1.165) is 6.42 Å². The quantitative estimate of drug-likeness (QED) is 0.872. The third-order valence-electron chi connectivity index (χ3n) is 4.23. The van der Waals surface area contributed by atoms with Crippen molar-refractivity contribution in [2.24, 2.45) is 5.73 Å². The first-order valence-electron chi connectivity index (χ1n) is 7.28. The number of rotatable bonds is 3. The van der Waals surface area contributed by atoms with Crippen molar-refractivity contribution in [2.45, 2.75) is 47.1 Å². The maximum atomic E-state index is 6.47. The SMILES string of the molecule is Cc1ccc(C)c(CC(N)c2cc(C)c(C)cc2C)c1. The van der Waals surface area contributed by atoms with Gasteiger partial charge in [0.05, 0.1) is 0 Å². The number of hydrogen-bond acceptors (Lipinski definition) is 1. The molecule has 20 heavy (non-hydrogen) atoms. The molecule has 0 aromatic heterocycles. The Morgan fingerprint density at radius 2 is 1.45 bits per heavy atom. The van der Waals surface area contributed by atoms with Gasteiger partial charge in [-0.2, -0.15) is 0 Å². The molecule has 0 saturated heterocycles. The van der Waals surface area contributed by atoms with Crippen LogP contribution in [0.2, 0.25) is 0 Å². The fraction of sp³-hybridized carbons (Fsp3) is 0.368. The van der Waals surface area contributed by atoms with E-state index in [4.69, 9.17) is 5.73 Å². The molecule has 2 aromatic carbocycles. The van der Waals surface area contributed by atoms with Crippen LogP contribution < -0.4 is 5.73 Å². The number of benzene rings is 2. The molecule has 1 unspecified atom stereocenters. The lowest BCUT2D eigenvalue weighted by Crippen LogP contribution is -2.16. The molecule has 1 heteroatoms. The Balaban J connectivity index is 2.30. The van der Waals surface area contributed by atoms with E-state index in [1.165, 1.54) is 38.9 Å². The van der Waals surface area contributed by atoms with Crippen LogP contribution in [0.4, 0.5) is 0 Å². The molecule has 2 rings (SSSR count). The summed E-state index contributed by atoms with van der Waals surface area (Å²) in [7, 11) is 0. The summed E-state index contributed by atoms with van der Waals surface area (Å²) in [6, 6.07) is 11.2. The maximum absolute atomic E-state index is 6.47. The van der Waals surface area contributed by atoms with E-state index >= 15 is 0 Å². The Kier molecular flexibility index (Phi) is 4.29. The molecule has 1 atom stereocenters. The molecule has 0 aliphatic rings. The number of hydrogen-bond donors (Lipinski definition) is 1. The highest BCUT2D eigenvalue weighted by Gasteiger charge is 2.12. The Labute approximate surface area is 122 Å². The lowest BCUT2D eigenvalue weighted by atomic mass is 9.91. The average Bonchev–Trinajstić information content (AvgIpc) is 2.38. The number of nitrogens with two attached hydrogens (primary N) is 1. The monoisotopic (exact) mass is 267 g/mol. The van der Waals surface area contributed by atoms with Gasteiger partial charge in [-0.3, -0.25) is 0 Å². The van der Waals surface area contributed by atoms with Crippen molar-refractivity contribution in [3.05, 3.63) is 69.3 Å². The summed E-state index contributed by atoms with van der Waals surface area (Å²) in [5, 5.41) is 0. The molecule has 0 heterocycles. The second kappa shape index (κ2) is 5.80. The van der Waals surface area contributed by atoms with E-state index < -0.39 is 0 Å². The molecular weight excluding hydrogens is 242 g/mol. The van der Waals surface area contributed by atoms with Gasteiger partial charge in [0.1, 0.15) is 0 Å². The van der Waals surface area contributed by atoms with Crippen molar-refractivity contribution in [1.82, 2.24) is 0 Å². The minimum absolute atomic E-state index is 0.0646. The predicted molar refractivity (Wildman–Crippen MR) is 87.2 cm³/mol. The molecule has 1 nitrogen and oxygen atoms in total. The van der Waals surface area contributed by atoms with Gasteiger partial charge in [0.25, 0.3) is 0 Å². The van der Waals surface area contributed by atoms with Gasteiger partial charge in [-0.05, 0) is 74.4 Å². The highest BCUT2D eigenvalue weighted by Crippen LogP contribution is 2.24. The minimum Gasteiger partial charge on any atom is -0.324 e. The molecule has 0 amide bonds. The van der Waals surface area contributed by atoms with E-state index in [9.17, 15) is 0 Å². The predicted octanol–water partition coefficient (Wildman–Crippen LogP) is 4.47. The molecule has 106 valence electrons. The van der Waals surface area contributed by atoms with Crippen LogP contribution in [0.3, 0.4) is 0 Å². The van der Waals surface area contributed by atoms with Crippen molar-refractivity contribution in [1.29, 1.82) is 0 Å². The van der Waals surface area contributed by atoms with Crippen LogP contribution in [0, 0.1) is 34.6 Å². The van der Waals surface area contributed by atoms with Crippen LogP contribution in [0.25, 0.3) is 0 Å². The van der Waals surface area contributed by atoms with Gasteiger partial charge in [-0.25, -0.2) is 0 Å². The fourth-order valence-corrected chi connectivity index (χ4v) is 2.75. The van der Waals surface area contributed by atoms with Crippen molar-refractivity contribution >= 4 is 0 Å². The Morgan fingerprint density at radius 3 is 2.15 bits per heavy atom. The minimum atomic E-state index is 0.0646. The molecular formula is C19H25N. The topological polar surface area (TPSA) is 26.0 Å². The van der Waals surface area contributed by atoms with Crippen LogP contribution in [-0.2, 0) is 6.42 Å². The van der Waals surface area contributed by atoms with E-state index in [1.54, 1.807) is 0 Å². The van der Waals surface area contributed by atoms with Crippen LogP contribution in [-0.4, -0.2) is 0 Å². The molecule has 2 aromatic rings. The van der Waals surface area contributed by atoms with Gasteiger partial charge in [0.15, 0.2) is 0 Å². The number of aryl methyl sites for hydroxylation is 5. The van der Waals surface area contributed by atoms with Crippen LogP contribution in [0.1, 0.15) is 45.0 Å². The zero-order valence-electron chi connectivity index (χ0n) is 13.2. The first-order valence-corrected chi connectivity index (χ1v) is 7.28. The highest BCUT2D eigenvalue weighted by molar-refractivity contribution is 5.40. The molecule has 0 fully saturated rings. The molecule has 0 aliphatic carbocycles. The highest BCUT2D eigenvalue weighted by atomic mass is 14.6. The zero-order valence-corrected chi connectivity index (χ0v) is 13.2. The summed E-state index contributed by atoms with van der Waals surface area (Å²) >= 11 is 0. The average molecular weight is 267 g/mol. The maximum Gasteiger partial charge on any atom is 0.0338 e. The lowest BCUT2D eigenvalue weighted by Gasteiger charge is -2.18. The summed E-state index contributed by atoms with van der Waals surface area (Å²) < 4.78 is 0. The second-order valence-electron chi connectivity index (χ2n) is 6.03. The van der Waals surface area contributed by atoms with E-state index in [-0.39, 0.29) is 6.04 Å². The normalized spacial score (nSPS) is 12.5. The van der Waals surface area contributed by atoms with Crippen molar-refractivity contribution in [2.75, 3.05) is 0 Å². The largest absolute Gasteiger partial charge is 0.324 e. The van der Waals surface area contributed by atoms with Crippen molar-refractivity contribution in [3.63, 3.8) is 0 Å². The third kappa shape index (κ3) is 3.10. The Bertz CT molecular complexity index is 626. The summed E-state index contributed by atoms with van der Waals surface area (Å²) in [6.45, 7) is 10.8. The molecule has 0 bridgehead atoms. The Morgan fingerprint density at radius 1 is 0.800 bits per heavy atom. The van der Waals surface area contributed by atoms with Crippen molar-refractivity contribution in [3.8, 4) is 0 Å². The van der Waals surface area contributed by atoms with Gasteiger partial charge < -0.3 is 5.73 Å². The van der Waals surface area contributed by atoms with Crippen LogP contribution in [0.15, 0.2) is 30.3 Å². The van der Waals surface area contributed by atoms with Crippen LogP contribution >= 0.6 is 0 Å². The smallest absolute Gasteiger partial charge is 0.0338 e. The third-order valence-corrected chi connectivity index (χ3v) is 4.23. The van der Waals surface area contributed by atoms with E-state index in [0.29, 0.717) is 0 Å². The molecule has 0 saturated carbocycles. The van der Waals surface area contributed by atoms with Crippen LogP contribution in [0.5, 0.6) is 0 Å². The summed E-state index contributed by atoms with van der Waals surface area (Å²) in [4.78, 5) is 0. The van der Waals surface area contributed by atoms with Gasteiger partial charge in [0, 0.05) is 6.04 Å². The molecule has 0 radical (unpaired) electrons. The first kappa shape index (κ1) is 14.8. The van der Waals surface area contributed by atoms with Crippen molar-refractivity contribution < 1.29 is 0 Å². The summed E-state index contributed by atoms with van der Waals surface area (Å²) in [5.41, 5.74) is 15.7. The standard InChI is InChI=1S/C19H25N/c1-12-6-7-13(2)17(8-12)11-19(20)18-10-15(4)14(3)9-16(18)5/h6-10,19H,11,20H2,1-5H3. The summed E-state index contributed by atoms with van der Waals surface area (Å²) in [5.74, 6) is 0. The van der Waals surface area contributed by atoms with Gasteiger partial charge in [-0.15, -0.1) is 0 Å². The van der Waals surface area contributed by atoms with Gasteiger partial charge in [0.2, 0.25) is 0 Å². The van der Waals surface area contributed by atoms with Gasteiger partial charge >= 0.3 is 0 Å². The Hall–Kier alpha value is -1.60. The molecule has 0 aliphatic heterocycles. The van der Waals surface area contributed by atoms with E-state index in [1.807, 2.05) is 0 Å². The van der Waals surface area contributed by atoms with Gasteiger partial charge in [-0.1, -0.05) is 35.9 Å². The molecule has 2 N–H and O–H groups in total. The zero-order chi connectivity index (χ0) is 14.9. The lowest BCUT2D eigenvalue weighted by molar-refractivity contribution is 0.712. The molecule has 0 spiro atoms. The summed E-state index contributed by atoms with van der Waals surface area (Å²) in [6.07, 6.45) is 0.900. The van der Waals surface area contributed by atoms with E-state index in [2.05, 4.69) is 65.0 Å². The second-order valence-corrected chi connectivity index (χ2v) is 6.03. The first-order chi connectivity index (χ1) is 9.38. The fourth-order valence-electron chi connectivity index (χ4n) is 2.75.